The maximum Gasteiger partial charge on any atom is 0.415 e. The number of carbonyl (C=O) groups is 3. The molecule has 0 bridgehead atoms. The first-order valence-corrected chi connectivity index (χ1v) is 16.8. The number of fused-ring (bicyclic) bond motifs is 5. The van der Waals surface area contributed by atoms with Crippen LogP contribution < -0.4 is 15.6 Å². The number of amides is 2. The second kappa shape index (κ2) is 12.3. The fourth-order valence-electron chi connectivity index (χ4n) is 7.84. The van der Waals surface area contributed by atoms with Gasteiger partial charge in [-0.25, -0.2) is 19.4 Å². The summed E-state index contributed by atoms with van der Waals surface area (Å²) in [5.41, 5.74) is 2.32. The van der Waals surface area contributed by atoms with Gasteiger partial charge in [-0.2, -0.15) is 0 Å². The van der Waals surface area contributed by atoms with Gasteiger partial charge in [-0.15, -0.1) is 0 Å². The molecule has 2 aromatic heterocycles. The highest BCUT2D eigenvalue weighted by Gasteiger charge is 2.50. The van der Waals surface area contributed by atoms with E-state index in [-0.39, 0.29) is 30.2 Å². The SMILES string of the molecule is CCc1c2c(nc3ccc(OC(=O)N4CCC(N5CCCCC5)CC4)cc13)-c1cc3c(c(=O)n1C2)COC(=O)[C@@]3(CC)OC(=O)NC. The number of rotatable bonds is 5. The van der Waals surface area contributed by atoms with Gasteiger partial charge in [0.1, 0.15) is 12.4 Å². The van der Waals surface area contributed by atoms with Crippen molar-refractivity contribution < 1.29 is 28.6 Å². The molecule has 0 aliphatic carbocycles. The first kappa shape index (κ1) is 31.2. The molecule has 0 radical (unpaired) electrons. The number of hydrogen-bond donors (Lipinski definition) is 1. The van der Waals surface area contributed by atoms with Gasteiger partial charge in [-0.3, -0.25) is 4.79 Å². The number of carbonyl (C=O) groups excluding carboxylic acids is 3. The van der Waals surface area contributed by atoms with E-state index in [9.17, 15) is 19.2 Å². The average molecular weight is 644 g/mol. The third-order valence-corrected chi connectivity index (χ3v) is 10.4. The minimum atomic E-state index is -1.75. The number of aromatic nitrogens is 2. The zero-order valence-electron chi connectivity index (χ0n) is 27.2. The number of likely N-dealkylation sites (tertiary alicyclic amines) is 2. The largest absolute Gasteiger partial charge is 0.457 e. The monoisotopic (exact) mass is 643 g/mol. The van der Waals surface area contributed by atoms with Crippen LogP contribution in [0.5, 0.6) is 5.75 Å². The maximum atomic E-state index is 13.9. The Bertz CT molecular complexity index is 1820. The third-order valence-electron chi connectivity index (χ3n) is 10.4. The Kier molecular flexibility index (Phi) is 8.15. The number of benzene rings is 1. The van der Waals surface area contributed by atoms with Gasteiger partial charge in [0.25, 0.3) is 5.56 Å². The van der Waals surface area contributed by atoms with Crippen LogP contribution in [0, 0.1) is 0 Å². The van der Waals surface area contributed by atoms with Crippen LogP contribution in [0.15, 0.2) is 29.1 Å². The van der Waals surface area contributed by atoms with Crippen molar-refractivity contribution in [1.29, 1.82) is 0 Å². The number of pyridine rings is 2. The van der Waals surface area contributed by atoms with Crippen LogP contribution in [0.4, 0.5) is 9.59 Å². The van der Waals surface area contributed by atoms with Crippen molar-refractivity contribution in [2.75, 3.05) is 33.2 Å². The van der Waals surface area contributed by atoms with Crippen LogP contribution in [-0.2, 0) is 39.4 Å². The molecule has 0 saturated carbocycles. The van der Waals surface area contributed by atoms with Crippen LogP contribution >= 0.6 is 0 Å². The van der Waals surface area contributed by atoms with E-state index in [1.165, 1.54) is 26.3 Å². The molecule has 12 heteroatoms. The summed E-state index contributed by atoms with van der Waals surface area (Å²) < 4.78 is 18.5. The summed E-state index contributed by atoms with van der Waals surface area (Å²) in [7, 11) is 1.40. The Hall–Kier alpha value is -4.45. The van der Waals surface area contributed by atoms with Crippen molar-refractivity contribution in [3.8, 4) is 17.1 Å². The predicted molar refractivity (Wildman–Crippen MR) is 173 cm³/mol. The molecule has 4 aliphatic heterocycles. The Labute approximate surface area is 273 Å². The summed E-state index contributed by atoms with van der Waals surface area (Å²) in [4.78, 5) is 61.9. The first-order chi connectivity index (χ1) is 22.8. The molecule has 2 fully saturated rings. The highest BCUT2D eigenvalue weighted by atomic mass is 16.6. The van der Waals surface area contributed by atoms with E-state index in [0.29, 0.717) is 60.3 Å². The molecule has 6 heterocycles. The predicted octanol–water partition coefficient (Wildman–Crippen LogP) is 4.45. The minimum absolute atomic E-state index is 0.0886. The number of nitrogens with one attached hydrogen (secondary N) is 1. The fourth-order valence-corrected chi connectivity index (χ4v) is 7.84. The van der Waals surface area contributed by atoms with Gasteiger partial charge in [0, 0.05) is 42.7 Å². The molecular weight excluding hydrogens is 602 g/mol. The second-order valence-corrected chi connectivity index (χ2v) is 12.8. The molecule has 2 saturated heterocycles. The number of aryl methyl sites for hydroxylation is 1. The Morgan fingerprint density at radius 3 is 2.51 bits per heavy atom. The van der Waals surface area contributed by atoms with Gasteiger partial charge in [0.15, 0.2) is 0 Å². The van der Waals surface area contributed by atoms with E-state index >= 15 is 0 Å². The van der Waals surface area contributed by atoms with Crippen molar-refractivity contribution in [3.05, 3.63) is 56.9 Å². The molecule has 0 spiro atoms. The molecular formula is C35H41N5O7. The molecule has 4 aliphatic rings. The Morgan fingerprint density at radius 2 is 1.81 bits per heavy atom. The summed E-state index contributed by atoms with van der Waals surface area (Å²) in [5.74, 6) is -0.261. The van der Waals surface area contributed by atoms with Gasteiger partial charge < -0.3 is 33.9 Å². The van der Waals surface area contributed by atoms with Gasteiger partial charge in [-0.1, -0.05) is 20.3 Å². The van der Waals surface area contributed by atoms with E-state index in [0.717, 1.165) is 42.4 Å². The zero-order chi connectivity index (χ0) is 32.9. The van der Waals surface area contributed by atoms with E-state index in [1.54, 1.807) is 28.5 Å². The lowest BCUT2D eigenvalue weighted by Crippen LogP contribution is -2.48. The van der Waals surface area contributed by atoms with E-state index < -0.39 is 17.7 Å². The summed E-state index contributed by atoms with van der Waals surface area (Å²) >= 11 is 0. The number of nitrogens with zero attached hydrogens (tertiary/aromatic N) is 4. The molecule has 3 aromatic rings. The Morgan fingerprint density at radius 1 is 1.04 bits per heavy atom. The summed E-state index contributed by atoms with van der Waals surface area (Å²) in [6, 6.07) is 7.74. The maximum absolute atomic E-state index is 13.9. The molecule has 1 aromatic carbocycles. The first-order valence-electron chi connectivity index (χ1n) is 16.8. The lowest BCUT2D eigenvalue weighted by molar-refractivity contribution is -0.172. The Balaban J connectivity index is 1.18. The number of esters is 1. The third kappa shape index (κ3) is 5.22. The normalized spacial score (nSPS) is 21.1. The number of ether oxygens (including phenoxy) is 3. The van der Waals surface area contributed by atoms with Crippen molar-refractivity contribution >= 4 is 29.1 Å². The quantitative estimate of drug-likeness (QED) is 0.313. The number of hydrogen-bond acceptors (Lipinski definition) is 9. The highest BCUT2D eigenvalue weighted by molar-refractivity contribution is 5.91. The number of piperidine rings is 2. The lowest BCUT2D eigenvalue weighted by atomic mass is 9.85. The van der Waals surface area contributed by atoms with E-state index in [1.807, 2.05) is 19.1 Å². The average Bonchev–Trinajstić information content (AvgIpc) is 3.47. The summed E-state index contributed by atoms with van der Waals surface area (Å²) in [6.07, 6.45) is 5.37. The van der Waals surface area contributed by atoms with Crippen molar-refractivity contribution in [2.24, 2.45) is 0 Å². The second-order valence-electron chi connectivity index (χ2n) is 12.8. The summed E-state index contributed by atoms with van der Waals surface area (Å²) in [5, 5.41) is 3.25. The van der Waals surface area contributed by atoms with Gasteiger partial charge in [-0.05, 0) is 81.4 Å². The lowest BCUT2D eigenvalue weighted by Gasteiger charge is -2.39. The van der Waals surface area contributed by atoms with Gasteiger partial charge in [0.05, 0.1) is 29.0 Å². The molecule has 12 nitrogen and oxygen atoms in total. The van der Waals surface area contributed by atoms with Crippen LogP contribution in [-0.4, -0.2) is 76.8 Å². The zero-order valence-corrected chi connectivity index (χ0v) is 27.2. The van der Waals surface area contributed by atoms with E-state index in [4.69, 9.17) is 19.2 Å². The van der Waals surface area contributed by atoms with E-state index in [2.05, 4.69) is 10.2 Å². The fraction of sp³-hybridized carbons (Fsp3) is 0.514. The highest BCUT2D eigenvalue weighted by Crippen LogP contribution is 2.42. The molecule has 47 heavy (non-hydrogen) atoms. The van der Waals surface area contributed by atoms with Crippen molar-refractivity contribution in [2.45, 2.75) is 83.6 Å². The van der Waals surface area contributed by atoms with Crippen molar-refractivity contribution in [1.82, 2.24) is 24.7 Å². The number of alkyl carbamates (subject to hydrolysis) is 1. The molecule has 248 valence electrons. The van der Waals surface area contributed by atoms with Crippen LogP contribution in [0.1, 0.15) is 74.6 Å². The van der Waals surface area contributed by atoms with Gasteiger partial charge >= 0.3 is 18.2 Å². The standard InChI is InChI=1S/C35H41N5O7/c1-4-23-24-17-22(46-34(44)39-15-11-21(12-16-39)38-13-7-6-8-14-38)9-10-28(24)37-30-25(23)19-40-29(30)18-27-26(31(40)41)20-45-32(42)35(27,5-2)47-33(43)36-3/h9-10,17-18,21H,4-8,11-16,19-20H2,1-3H3,(H,36,43)/t35-/m0/s1. The van der Waals surface area contributed by atoms with Crippen molar-refractivity contribution in [3.63, 3.8) is 0 Å². The van der Waals surface area contributed by atoms with Crippen LogP contribution in [0.2, 0.25) is 0 Å². The molecule has 1 atom stereocenters. The molecule has 2 amide bonds. The summed E-state index contributed by atoms with van der Waals surface area (Å²) in [6.45, 7) is 7.53. The topological polar surface area (TPSA) is 132 Å². The van der Waals surface area contributed by atoms with Crippen LogP contribution in [0.25, 0.3) is 22.3 Å². The molecule has 0 unspecified atom stereocenters. The smallest absolute Gasteiger partial charge is 0.415 e. The minimum Gasteiger partial charge on any atom is -0.457 e. The van der Waals surface area contributed by atoms with Gasteiger partial charge in [0.2, 0.25) is 5.60 Å². The molecule has 1 N–H and O–H groups in total. The van der Waals surface area contributed by atoms with Crippen LogP contribution in [0.3, 0.4) is 0 Å². The molecule has 7 rings (SSSR count). The number of cyclic esters (lactones) is 1.